The van der Waals surface area contributed by atoms with Gasteiger partial charge >= 0.3 is 0 Å². The van der Waals surface area contributed by atoms with Crippen LogP contribution in [0.3, 0.4) is 0 Å². The normalized spacial score (nSPS) is 15.3. The first-order chi connectivity index (χ1) is 13.5. The Hall–Kier alpha value is -2.86. The molecule has 1 aliphatic rings. The van der Waals surface area contributed by atoms with Gasteiger partial charge in [0.2, 0.25) is 5.91 Å². The van der Waals surface area contributed by atoms with Crippen LogP contribution >= 0.6 is 11.8 Å². The maximum absolute atomic E-state index is 12.5. The van der Waals surface area contributed by atoms with Crippen LogP contribution in [-0.2, 0) is 16.0 Å². The van der Waals surface area contributed by atoms with Gasteiger partial charge in [-0.1, -0.05) is 60.2 Å². The van der Waals surface area contributed by atoms with Crippen molar-refractivity contribution in [3.8, 4) is 0 Å². The van der Waals surface area contributed by atoms with Gasteiger partial charge in [0, 0.05) is 19.5 Å². The Morgan fingerprint density at radius 1 is 1.07 bits per heavy atom. The first-order valence-electron chi connectivity index (χ1n) is 9.15. The van der Waals surface area contributed by atoms with Crippen molar-refractivity contribution in [3.63, 3.8) is 0 Å². The van der Waals surface area contributed by atoms with E-state index in [0.717, 1.165) is 28.5 Å². The van der Waals surface area contributed by atoms with Gasteiger partial charge in [-0.3, -0.25) is 19.3 Å². The number of benzene rings is 2. The van der Waals surface area contributed by atoms with E-state index < -0.39 is 0 Å². The average molecular weight is 394 g/mol. The zero-order valence-electron chi connectivity index (χ0n) is 15.7. The van der Waals surface area contributed by atoms with Crippen LogP contribution in [0.1, 0.15) is 23.1 Å². The molecule has 1 heterocycles. The second-order valence-electron chi connectivity index (χ2n) is 6.58. The molecule has 0 aromatic heterocycles. The fourth-order valence-corrected chi connectivity index (χ4v) is 3.67. The van der Waals surface area contributed by atoms with E-state index in [0.29, 0.717) is 17.7 Å². The van der Waals surface area contributed by atoms with E-state index in [-0.39, 0.29) is 30.1 Å². The average Bonchev–Trinajstić information content (AvgIpc) is 2.96. The Morgan fingerprint density at radius 2 is 1.79 bits per heavy atom. The monoisotopic (exact) mass is 394 g/mol. The van der Waals surface area contributed by atoms with Crippen molar-refractivity contribution in [2.75, 3.05) is 13.1 Å². The first kappa shape index (κ1) is 19.9. The lowest BCUT2D eigenvalue weighted by Crippen LogP contribution is -2.37. The Kier molecular flexibility index (Phi) is 6.66. The second-order valence-corrected chi connectivity index (χ2v) is 7.57. The number of rotatable bonds is 7. The molecule has 0 bridgehead atoms. The van der Waals surface area contributed by atoms with Crippen molar-refractivity contribution in [1.82, 2.24) is 10.2 Å². The summed E-state index contributed by atoms with van der Waals surface area (Å²) in [5, 5.41) is 2.47. The SMILES string of the molecule is Cc1ccc(C=C2SC(=O)N(CCNC(=O)CCc3ccccc3)C2=O)cc1. The lowest BCUT2D eigenvalue weighted by atomic mass is 10.1. The molecule has 2 aromatic carbocycles. The number of hydrogen-bond donors (Lipinski definition) is 1. The molecule has 0 spiro atoms. The largest absolute Gasteiger partial charge is 0.354 e. The van der Waals surface area contributed by atoms with E-state index in [1.807, 2.05) is 61.5 Å². The van der Waals surface area contributed by atoms with Crippen molar-refractivity contribution in [2.24, 2.45) is 0 Å². The molecule has 1 saturated heterocycles. The van der Waals surface area contributed by atoms with Gasteiger partial charge in [0.15, 0.2) is 0 Å². The minimum absolute atomic E-state index is 0.0916. The van der Waals surface area contributed by atoms with Crippen molar-refractivity contribution >= 4 is 34.9 Å². The third-order valence-corrected chi connectivity index (χ3v) is 5.30. The number of carbonyl (C=O) groups excluding carboxylic acids is 3. The third-order valence-electron chi connectivity index (χ3n) is 4.39. The summed E-state index contributed by atoms with van der Waals surface area (Å²) in [5.41, 5.74) is 3.11. The van der Waals surface area contributed by atoms with Gasteiger partial charge in [0.1, 0.15) is 0 Å². The summed E-state index contributed by atoms with van der Waals surface area (Å²) in [6.45, 7) is 2.42. The summed E-state index contributed by atoms with van der Waals surface area (Å²) in [6, 6.07) is 17.5. The van der Waals surface area contributed by atoms with Crippen LogP contribution in [0.4, 0.5) is 4.79 Å². The van der Waals surface area contributed by atoms with Crippen molar-refractivity contribution < 1.29 is 14.4 Å². The van der Waals surface area contributed by atoms with Gasteiger partial charge in [-0.05, 0) is 42.3 Å². The Morgan fingerprint density at radius 3 is 2.50 bits per heavy atom. The fraction of sp³-hybridized carbons (Fsp3) is 0.227. The molecule has 3 rings (SSSR count). The molecule has 28 heavy (non-hydrogen) atoms. The van der Waals surface area contributed by atoms with E-state index in [2.05, 4.69) is 5.32 Å². The highest BCUT2D eigenvalue weighted by atomic mass is 32.2. The molecular weight excluding hydrogens is 372 g/mol. The number of thioether (sulfide) groups is 1. The van der Waals surface area contributed by atoms with Crippen LogP contribution in [0.2, 0.25) is 0 Å². The summed E-state index contributed by atoms with van der Waals surface area (Å²) in [7, 11) is 0. The number of hydrogen-bond acceptors (Lipinski definition) is 4. The van der Waals surface area contributed by atoms with Gasteiger partial charge in [-0.15, -0.1) is 0 Å². The van der Waals surface area contributed by atoms with Gasteiger partial charge in [0.05, 0.1) is 4.91 Å². The van der Waals surface area contributed by atoms with E-state index >= 15 is 0 Å². The quantitative estimate of drug-likeness (QED) is 0.726. The molecule has 0 atom stereocenters. The van der Waals surface area contributed by atoms with Crippen molar-refractivity contribution in [3.05, 3.63) is 76.2 Å². The molecule has 5 nitrogen and oxygen atoms in total. The third kappa shape index (κ3) is 5.33. The van der Waals surface area contributed by atoms with E-state index in [4.69, 9.17) is 0 Å². The molecule has 1 fully saturated rings. The topological polar surface area (TPSA) is 66.5 Å². The van der Waals surface area contributed by atoms with Crippen LogP contribution in [0, 0.1) is 6.92 Å². The predicted octanol–water partition coefficient (Wildman–Crippen LogP) is 3.78. The molecule has 0 unspecified atom stereocenters. The molecule has 0 saturated carbocycles. The molecule has 1 aliphatic heterocycles. The summed E-state index contributed by atoms with van der Waals surface area (Å²) in [6.07, 6.45) is 2.76. The first-order valence-corrected chi connectivity index (χ1v) is 9.97. The fourth-order valence-electron chi connectivity index (χ4n) is 2.80. The van der Waals surface area contributed by atoms with E-state index in [1.165, 1.54) is 4.90 Å². The molecule has 0 aliphatic carbocycles. The highest BCUT2D eigenvalue weighted by Crippen LogP contribution is 2.31. The predicted molar refractivity (Wildman–Crippen MR) is 112 cm³/mol. The molecule has 0 radical (unpaired) electrons. The lowest BCUT2D eigenvalue weighted by Gasteiger charge is -2.13. The van der Waals surface area contributed by atoms with Crippen LogP contribution in [0.25, 0.3) is 6.08 Å². The minimum Gasteiger partial charge on any atom is -0.354 e. The van der Waals surface area contributed by atoms with E-state index in [9.17, 15) is 14.4 Å². The molecule has 2 aromatic rings. The molecular formula is C22H22N2O3S. The number of carbonyl (C=O) groups is 3. The molecule has 1 N–H and O–H groups in total. The molecule has 144 valence electrons. The van der Waals surface area contributed by atoms with E-state index in [1.54, 1.807) is 6.08 Å². The van der Waals surface area contributed by atoms with Gasteiger partial charge in [-0.25, -0.2) is 0 Å². The van der Waals surface area contributed by atoms with Gasteiger partial charge < -0.3 is 5.32 Å². The summed E-state index contributed by atoms with van der Waals surface area (Å²) >= 11 is 0.933. The molecule has 6 heteroatoms. The maximum atomic E-state index is 12.5. The summed E-state index contributed by atoms with van der Waals surface area (Å²) in [5.74, 6) is -0.403. The number of aryl methyl sites for hydroxylation is 2. The summed E-state index contributed by atoms with van der Waals surface area (Å²) < 4.78 is 0. The van der Waals surface area contributed by atoms with Crippen LogP contribution in [-0.4, -0.2) is 35.0 Å². The standard InChI is InChI=1S/C22H22N2O3S/c1-16-7-9-18(10-8-16)15-19-21(26)24(22(27)28-19)14-13-23-20(25)12-11-17-5-3-2-4-6-17/h2-10,15H,11-14H2,1H3,(H,23,25). The highest BCUT2D eigenvalue weighted by molar-refractivity contribution is 8.18. The van der Waals surface area contributed by atoms with Crippen molar-refractivity contribution in [2.45, 2.75) is 19.8 Å². The van der Waals surface area contributed by atoms with Gasteiger partial charge in [-0.2, -0.15) is 0 Å². The zero-order chi connectivity index (χ0) is 19.9. The molecule has 3 amide bonds. The maximum Gasteiger partial charge on any atom is 0.293 e. The number of nitrogens with one attached hydrogen (secondary N) is 1. The Bertz CT molecular complexity index is 892. The van der Waals surface area contributed by atoms with Gasteiger partial charge in [0.25, 0.3) is 11.1 Å². The number of nitrogens with zero attached hydrogens (tertiary/aromatic N) is 1. The Labute approximate surface area is 168 Å². The van der Waals surface area contributed by atoms with Crippen molar-refractivity contribution in [1.29, 1.82) is 0 Å². The summed E-state index contributed by atoms with van der Waals surface area (Å²) in [4.78, 5) is 38.2. The smallest absolute Gasteiger partial charge is 0.293 e. The van der Waals surface area contributed by atoms with Crippen LogP contribution in [0.15, 0.2) is 59.5 Å². The lowest BCUT2D eigenvalue weighted by molar-refractivity contribution is -0.124. The highest BCUT2D eigenvalue weighted by Gasteiger charge is 2.34. The second kappa shape index (κ2) is 9.37. The zero-order valence-corrected chi connectivity index (χ0v) is 16.5. The Balaban J connectivity index is 1.48. The van der Waals surface area contributed by atoms with Crippen LogP contribution in [0.5, 0.6) is 0 Å². The number of imide groups is 1. The van der Waals surface area contributed by atoms with Crippen LogP contribution < -0.4 is 5.32 Å². The minimum atomic E-state index is -0.311. The number of amides is 3.